The molecule has 1 saturated carbocycles. The van der Waals surface area contributed by atoms with Crippen LogP contribution < -0.4 is 11.1 Å². The van der Waals surface area contributed by atoms with Gasteiger partial charge in [-0.25, -0.2) is 4.79 Å². The molecular formula is C10H18N2O4. The molecule has 16 heavy (non-hydrogen) atoms. The lowest BCUT2D eigenvalue weighted by Crippen LogP contribution is -2.48. The Morgan fingerprint density at radius 2 is 2.06 bits per heavy atom. The van der Waals surface area contributed by atoms with Crippen LogP contribution in [0.2, 0.25) is 0 Å². The zero-order valence-corrected chi connectivity index (χ0v) is 9.22. The first kappa shape index (κ1) is 12.9. The molecule has 0 aromatic carbocycles. The third-order valence-electron chi connectivity index (χ3n) is 2.71. The Bertz CT molecular complexity index is 276. The lowest BCUT2D eigenvalue weighted by Gasteiger charge is -2.18. The van der Waals surface area contributed by atoms with Crippen LogP contribution in [-0.4, -0.2) is 40.3 Å². The van der Waals surface area contributed by atoms with E-state index in [1.54, 1.807) is 0 Å². The summed E-state index contributed by atoms with van der Waals surface area (Å²) in [5.74, 6) is -1.28. The number of carboxylic acids is 1. The fourth-order valence-corrected chi connectivity index (χ4v) is 1.53. The quantitative estimate of drug-likeness (QED) is 0.470. The van der Waals surface area contributed by atoms with E-state index < -0.39 is 24.0 Å². The van der Waals surface area contributed by atoms with E-state index in [-0.39, 0.29) is 12.5 Å². The molecule has 0 aromatic rings. The van der Waals surface area contributed by atoms with Crippen molar-refractivity contribution in [2.45, 2.75) is 44.4 Å². The number of rotatable bonds is 6. The maximum absolute atomic E-state index is 11.4. The lowest BCUT2D eigenvalue weighted by atomic mass is 10.1. The molecule has 1 fully saturated rings. The normalized spacial score (nSPS) is 20.9. The lowest BCUT2D eigenvalue weighted by molar-refractivity contribution is -0.144. The Morgan fingerprint density at radius 3 is 2.44 bits per heavy atom. The number of carboxylic acid groups (broad SMARTS) is 1. The van der Waals surface area contributed by atoms with Crippen molar-refractivity contribution in [3.63, 3.8) is 0 Å². The SMILES string of the molecule is C[C@@H](O)[C@H](NC(=O)CC(N)C1CC1)C(=O)O. The number of carbonyl (C=O) groups excluding carboxylic acids is 1. The number of aliphatic carboxylic acids is 1. The average Bonchev–Trinajstić information content (AvgIpc) is 2.95. The minimum Gasteiger partial charge on any atom is -0.480 e. The smallest absolute Gasteiger partial charge is 0.328 e. The van der Waals surface area contributed by atoms with Crippen LogP contribution in [0.1, 0.15) is 26.2 Å². The van der Waals surface area contributed by atoms with Crippen molar-refractivity contribution in [3.05, 3.63) is 0 Å². The molecule has 0 aliphatic heterocycles. The monoisotopic (exact) mass is 230 g/mol. The van der Waals surface area contributed by atoms with Crippen LogP contribution in [0, 0.1) is 5.92 Å². The molecule has 0 radical (unpaired) electrons. The van der Waals surface area contributed by atoms with Gasteiger partial charge in [-0.3, -0.25) is 4.79 Å². The maximum atomic E-state index is 11.4. The molecule has 0 aromatic heterocycles. The van der Waals surface area contributed by atoms with E-state index in [0.717, 1.165) is 12.8 Å². The molecule has 0 spiro atoms. The number of carbonyl (C=O) groups is 2. The van der Waals surface area contributed by atoms with E-state index in [1.807, 2.05) is 0 Å². The largest absolute Gasteiger partial charge is 0.480 e. The minimum atomic E-state index is -1.26. The summed E-state index contributed by atoms with van der Waals surface area (Å²) in [6.45, 7) is 1.32. The van der Waals surface area contributed by atoms with Gasteiger partial charge in [-0.05, 0) is 25.7 Å². The van der Waals surface area contributed by atoms with E-state index in [4.69, 9.17) is 15.9 Å². The van der Waals surface area contributed by atoms with Gasteiger partial charge in [-0.2, -0.15) is 0 Å². The molecule has 6 nitrogen and oxygen atoms in total. The van der Waals surface area contributed by atoms with Gasteiger partial charge in [-0.15, -0.1) is 0 Å². The Morgan fingerprint density at radius 1 is 1.50 bits per heavy atom. The third-order valence-corrected chi connectivity index (χ3v) is 2.71. The number of aliphatic hydroxyl groups excluding tert-OH is 1. The van der Waals surface area contributed by atoms with Gasteiger partial charge < -0.3 is 21.3 Å². The van der Waals surface area contributed by atoms with E-state index in [1.165, 1.54) is 6.92 Å². The molecule has 0 saturated heterocycles. The highest BCUT2D eigenvalue weighted by Gasteiger charge is 2.31. The highest BCUT2D eigenvalue weighted by Crippen LogP contribution is 2.32. The van der Waals surface area contributed by atoms with Crippen molar-refractivity contribution in [2.75, 3.05) is 0 Å². The topological polar surface area (TPSA) is 113 Å². The van der Waals surface area contributed by atoms with E-state index in [9.17, 15) is 9.59 Å². The minimum absolute atomic E-state index is 0.112. The van der Waals surface area contributed by atoms with Crippen LogP contribution >= 0.6 is 0 Å². The molecule has 1 amide bonds. The Hall–Kier alpha value is -1.14. The summed E-state index contributed by atoms with van der Waals surface area (Å²) in [4.78, 5) is 22.1. The van der Waals surface area contributed by atoms with Gasteiger partial charge in [0.1, 0.15) is 0 Å². The zero-order valence-electron chi connectivity index (χ0n) is 9.22. The van der Waals surface area contributed by atoms with E-state index in [2.05, 4.69) is 5.32 Å². The van der Waals surface area contributed by atoms with Crippen LogP contribution in [0.5, 0.6) is 0 Å². The van der Waals surface area contributed by atoms with Crippen molar-refractivity contribution >= 4 is 11.9 Å². The molecule has 0 heterocycles. The summed E-state index contributed by atoms with van der Waals surface area (Å²) in [5.41, 5.74) is 5.74. The fraction of sp³-hybridized carbons (Fsp3) is 0.800. The number of nitrogens with two attached hydrogens (primary N) is 1. The first-order valence-electron chi connectivity index (χ1n) is 5.37. The van der Waals surface area contributed by atoms with Gasteiger partial charge in [-0.1, -0.05) is 0 Å². The summed E-state index contributed by atoms with van der Waals surface area (Å²) < 4.78 is 0. The van der Waals surface area contributed by atoms with Crippen LogP contribution in [0.3, 0.4) is 0 Å². The second kappa shape index (κ2) is 5.27. The van der Waals surface area contributed by atoms with Crippen molar-refractivity contribution < 1.29 is 19.8 Å². The van der Waals surface area contributed by atoms with Crippen LogP contribution in [-0.2, 0) is 9.59 Å². The summed E-state index contributed by atoms with van der Waals surface area (Å²) in [7, 11) is 0. The number of hydrogen-bond acceptors (Lipinski definition) is 4. The molecule has 1 unspecified atom stereocenters. The zero-order chi connectivity index (χ0) is 12.3. The first-order valence-corrected chi connectivity index (χ1v) is 5.37. The molecule has 1 aliphatic rings. The van der Waals surface area contributed by atoms with Crippen molar-refractivity contribution in [1.82, 2.24) is 5.32 Å². The van der Waals surface area contributed by atoms with Crippen molar-refractivity contribution in [2.24, 2.45) is 11.7 Å². The molecule has 3 atom stereocenters. The second-order valence-corrected chi connectivity index (χ2v) is 4.33. The number of aliphatic hydroxyl groups is 1. The van der Waals surface area contributed by atoms with Crippen LogP contribution in [0.25, 0.3) is 0 Å². The maximum Gasteiger partial charge on any atom is 0.328 e. The Labute approximate surface area is 93.8 Å². The highest BCUT2D eigenvalue weighted by atomic mass is 16.4. The number of nitrogens with one attached hydrogen (secondary N) is 1. The van der Waals surface area contributed by atoms with Gasteiger partial charge >= 0.3 is 5.97 Å². The molecule has 1 rings (SSSR count). The molecule has 0 bridgehead atoms. The van der Waals surface area contributed by atoms with Crippen LogP contribution in [0.4, 0.5) is 0 Å². The van der Waals surface area contributed by atoms with E-state index >= 15 is 0 Å². The number of amides is 1. The summed E-state index contributed by atoms with van der Waals surface area (Å²) in [6.07, 6.45) is 1.06. The van der Waals surface area contributed by atoms with Crippen molar-refractivity contribution in [1.29, 1.82) is 0 Å². The van der Waals surface area contributed by atoms with Gasteiger partial charge in [0.2, 0.25) is 5.91 Å². The summed E-state index contributed by atoms with van der Waals surface area (Å²) in [6, 6.07) is -1.47. The van der Waals surface area contributed by atoms with Gasteiger partial charge in [0.15, 0.2) is 6.04 Å². The van der Waals surface area contributed by atoms with Gasteiger partial charge in [0.05, 0.1) is 6.10 Å². The second-order valence-electron chi connectivity index (χ2n) is 4.33. The fourth-order valence-electron chi connectivity index (χ4n) is 1.53. The van der Waals surface area contributed by atoms with Crippen LogP contribution in [0.15, 0.2) is 0 Å². The predicted molar refractivity (Wildman–Crippen MR) is 56.6 cm³/mol. The highest BCUT2D eigenvalue weighted by molar-refractivity contribution is 5.84. The summed E-state index contributed by atoms with van der Waals surface area (Å²) >= 11 is 0. The molecular weight excluding hydrogens is 212 g/mol. The van der Waals surface area contributed by atoms with Gasteiger partial charge in [0.25, 0.3) is 0 Å². The van der Waals surface area contributed by atoms with Crippen molar-refractivity contribution in [3.8, 4) is 0 Å². The third kappa shape index (κ3) is 3.79. The average molecular weight is 230 g/mol. The molecule has 6 heteroatoms. The molecule has 5 N–H and O–H groups in total. The molecule has 1 aliphatic carbocycles. The van der Waals surface area contributed by atoms with E-state index in [0.29, 0.717) is 5.92 Å². The summed E-state index contributed by atoms with van der Waals surface area (Å²) in [5, 5.41) is 20.2. The molecule has 92 valence electrons. The standard InChI is InChI=1S/C10H18N2O4/c1-5(13)9(10(15)16)12-8(14)4-7(11)6-2-3-6/h5-7,9,13H,2-4,11H2,1H3,(H,12,14)(H,15,16)/t5-,7?,9+/m1/s1. The first-order chi connectivity index (χ1) is 7.41. The number of hydrogen-bond donors (Lipinski definition) is 4. The predicted octanol–water partition coefficient (Wildman–Crippen LogP) is -0.936. The Kier molecular flexibility index (Phi) is 4.26. The Balaban J connectivity index is 2.38. The van der Waals surface area contributed by atoms with Gasteiger partial charge in [0, 0.05) is 12.5 Å².